The largest absolute Gasteiger partial charge is 0.492 e. The second-order valence-corrected chi connectivity index (χ2v) is 4.20. The number of Topliss-reactive ketones (excluding diaryl/α,β-unsaturated/α-hetero) is 1. The van der Waals surface area contributed by atoms with Crippen LogP contribution in [0.1, 0.15) is 34.7 Å². The molecule has 110 valence electrons. The van der Waals surface area contributed by atoms with Crippen molar-refractivity contribution < 1.29 is 15.3 Å². The first kappa shape index (κ1) is 17.6. The maximum atomic E-state index is 13.3. The average molecular weight is 271 g/mol. The summed E-state index contributed by atoms with van der Waals surface area (Å²) >= 11 is 0. The Morgan fingerprint density at radius 3 is 2.79 bits per heavy atom. The second-order valence-electron chi connectivity index (χ2n) is 4.20. The Hall–Kier alpha value is -1.42. The smallest absolute Gasteiger partial charge is 0.130 e. The van der Waals surface area contributed by atoms with E-state index in [1.807, 2.05) is 6.92 Å². The predicted molar refractivity (Wildman–Crippen MR) is 78.3 cm³/mol. The van der Waals surface area contributed by atoms with Crippen molar-refractivity contribution >= 4 is 5.78 Å². The fourth-order valence-electron chi connectivity index (χ4n) is 1.59. The molecule has 0 fully saturated rings. The highest BCUT2D eigenvalue weighted by Crippen LogP contribution is 2.17. The third-order valence-corrected chi connectivity index (χ3v) is 2.49. The van der Waals surface area contributed by atoms with Crippen LogP contribution in [0.2, 0.25) is 0 Å². The number of hydrogen-bond donors (Lipinski definition) is 1. The van der Waals surface area contributed by atoms with E-state index < -0.39 is 0 Å². The first-order valence-electron chi connectivity index (χ1n) is 6.24. The maximum absolute atomic E-state index is 13.3. The van der Waals surface area contributed by atoms with E-state index in [4.69, 9.17) is 4.74 Å². The van der Waals surface area contributed by atoms with Crippen molar-refractivity contribution in [1.29, 1.82) is 0 Å². The van der Waals surface area contributed by atoms with Gasteiger partial charge in [0.2, 0.25) is 0 Å². The van der Waals surface area contributed by atoms with Crippen molar-refractivity contribution in [3.05, 3.63) is 29.6 Å². The first-order chi connectivity index (χ1) is 8.61. The minimum absolute atomic E-state index is 0. The zero-order valence-corrected chi connectivity index (χ0v) is 11.0. The van der Waals surface area contributed by atoms with Gasteiger partial charge in [0, 0.05) is 20.5 Å². The number of ether oxygens (including phenoxy) is 1. The van der Waals surface area contributed by atoms with Crippen LogP contribution in [-0.4, -0.2) is 25.5 Å². The molecule has 0 heterocycles. The maximum Gasteiger partial charge on any atom is 0.130 e. The third kappa shape index (κ3) is 7.57. The van der Waals surface area contributed by atoms with Crippen LogP contribution in [0.3, 0.4) is 0 Å². The van der Waals surface area contributed by atoms with Crippen LogP contribution in [0.15, 0.2) is 18.2 Å². The molecule has 0 aliphatic rings. The number of carbonyl (C=O) groups excluding carboxylic acids is 1. The monoisotopic (exact) mass is 271 g/mol. The number of carbonyl (C=O) groups is 1. The van der Waals surface area contributed by atoms with Crippen LogP contribution in [0.25, 0.3) is 0 Å². The fraction of sp³-hybridized carbons (Fsp3) is 0.533. The van der Waals surface area contributed by atoms with Gasteiger partial charge >= 0.3 is 0 Å². The Balaban J connectivity index is 0. The first-order valence-corrected chi connectivity index (χ1v) is 6.24. The molecular formula is C15H26FNO2. The molecule has 0 aromatic heterocycles. The summed E-state index contributed by atoms with van der Waals surface area (Å²) in [5.41, 5.74) is 0.795. The van der Waals surface area contributed by atoms with E-state index in [0.717, 1.165) is 18.7 Å². The molecule has 0 radical (unpaired) electrons. The average Bonchev–Trinajstić information content (AvgIpc) is 2.32. The number of rotatable bonds is 8. The topological polar surface area (TPSA) is 38.3 Å². The molecule has 0 aliphatic heterocycles. The Kier molecular flexibility index (Phi) is 8.79. The Labute approximate surface area is 116 Å². The molecule has 0 bridgehead atoms. The predicted octanol–water partition coefficient (Wildman–Crippen LogP) is 3.22. The van der Waals surface area contributed by atoms with Crippen LogP contribution in [0.5, 0.6) is 5.75 Å². The molecule has 0 amide bonds. The standard InChI is InChI=1S/C14H20FNO2.CH4.H2/c1-3-16-6-7-18-14-9-12(5-4-11(2)17)8-13(15)10-14;;/h8-10,16H,3-7H2,1-2H3;1H4;1H. The van der Waals surface area contributed by atoms with Gasteiger partial charge in [-0.2, -0.15) is 0 Å². The lowest BCUT2D eigenvalue weighted by molar-refractivity contribution is -0.116. The van der Waals surface area contributed by atoms with Gasteiger partial charge in [-0.3, -0.25) is 0 Å². The van der Waals surface area contributed by atoms with Crippen LogP contribution in [-0.2, 0) is 11.2 Å². The molecule has 19 heavy (non-hydrogen) atoms. The van der Waals surface area contributed by atoms with E-state index in [-0.39, 0.29) is 20.5 Å². The Morgan fingerprint density at radius 1 is 1.42 bits per heavy atom. The van der Waals surface area contributed by atoms with Crippen molar-refractivity contribution in [3.63, 3.8) is 0 Å². The highest BCUT2D eigenvalue weighted by molar-refractivity contribution is 5.75. The fourth-order valence-corrected chi connectivity index (χ4v) is 1.59. The number of nitrogens with one attached hydrogen (secondary N) is 1. The summed E-state index contributed by atoms with van der Waals surface area (Å²) < 4.78 is 18.8. The molecule has 0 saturated carbocycles. The van der Waals surface area contributed by atoms with Crippen molar-refractivity contribution in [2.24, 2.45) is 0 Å². The summed E-state index contributed by atoms with van der Waals surface area (Å²) in [6.07, 6.45) is 0.983. The number of benzene rings is 1. The van der Waals surface area contributed by atoms with Crippen LogP contribution < -0.4 is 10.1 Å². The molecule has 1 rings (SSSR count). The molecule has 0 aliphatic carbocycles. The van der Waals surface area contributed by atoms with E-state index >= 15 is 0 Å². The molecule has 1 aromatic rings. The van der Waals surface area contributed by atoms with Crippen molar-refractivity contribution in [1.82, 2.24) is 5.32 Å². The summed E-state index contributed by atoms with van der Waals surface area (Å²) in [6.45, 7) is 5.67. The van der Waals surface area contributed by atoms with E-state index in [2.05, 4.69) is 5.32 Å². The Morgan fingerprint density at radius 2 is 2.16 bits per heavy atom. The number of aryl methyl sites for hydroxylation is 1. The van der Waals surface area contributed by atoms with Gasteiger partial charge in [0.1, 0.15) is 24.0 Å². The third-order valence-electron chi connectivity index (χ3n) is 2.49. The molecule has 3 nitrogen and oxygen atoms in total. The van der Waals surface area contributed by atoms with Crippen molar-refractivity contribution in [2.75, 3.05) is 19.7 Å². The molecule has 0 unspecified atom stereocenters. The quantitative estimate of drug-likeness (QED) is 0.738. The molecule has 1 aromatic carbocycles. The molecule has 4 heteroatoms. The van der Waals surface area contributed by atoms with Gasteiger partial charge in [-0.1, -0.05) is 14.4 Å². The molecule has 0 saturated heterocycles. The number of hydrogen-bond acceptors (Lipinski definition) is 3. The summed E-state index contributed by atoms with van der Waals surface area (Å²) in [5.74, 6) is 0.301. The molecule has 0 atom stereocenters. The lowest BCUT2D eigenvalue weighted by atomic mass is 10.1. The van der Waals surface area contributed by atoms with Gasteiger partial charge in [0.15, 0.2) is 0 Å². The van der Waals surface area contributed by atoms with E-state index in [1.165, 1.54) is 19.1 Å². The zero-order valence-electron chi connectivity index (χ0n) is 11.0. The van der Waals surface area contributed by atoms with Gasteiger partial charge in [0.05, 0.1) is 0 Å². The van der Waals surface area contributed by atoms with Crippen LogP contribution in [0, 0.1) is 5.82 Å². The summed E-state index contributed by atoms with van der Waals surface area (Å²) in [4.78, 5) is 10.9. The summed E-state index contributed by atoms with van der Waals surface area (Å²) in [6, 6.07) is 4.60. The Bertz CT molecular complexity index is 399. The highest BCUT2D eigenvalue weighted by atomic mass is 19.1. The number of halogens is 1. The minimum Gasteiger partial charge on any atom is -0.492 e. The van der Waals surface area contributed by atoms with E-state index in [1.54, 1.807) is 6.07 Å². The lowest BCUT2D eigenvalue weighted by Gasteiger charge is -2.08. The lowest BCUT2D eigenvalue weighted by Crippen LogP contribution is -2.20. The van der Waals surface area contributed by atoms with E-state index in [9.17, 15) is 9.18 Å². The zero-order chi connectivity index (χ0) is 13.4. The van der Waals surface area contributed by atoms with Crippen LogP contribution >= 0.6 is 0 Å². The van der Waals surface area contributed by atoms with Gasteiger partial charge in [0.25, 0.3) is 0 Å². The van der Waals surface area contributed by atoms with E-state index in [0.29, 0.717) is 25.2 Å². The van der Waals surface area contributed by atoms with Gasteiger partial charge in [-0.15, -0.1) is 0 Å². The highest BCUT2D eigenvalue weighted by Gasteiger charge is 2.03. The summed E-state index contributed by atoms with van der Waals surface area (Å²) in [5, 5.41) is 3.12. The number of likely N-dealkylation sites (N-methyl/N-ethyl adjacent to an activating group) is 1. The molecule has 1 N–H and O–H groups in total. The number of ketones is 1. The van der Waals surface area contributed by atoms with Crippen molar-refractivity contribution in [3.8, 4) is 5.75 Å². The van der Waals surface area contributed by atoms with Gasteiger partial charge in [-0.05, 0) is 37.6 Å². The van der Waals surface area contributed by atoms with Crippen molar-refractivity contribution in [2.45, 2.75) is 34.1 Å². The van der Waals surface area contributed by atoms with Gasteiger partial charge in [-0.25, -0.2) is 4.39 Å². The molecule has 0 spiro atoms. The minimum atomic E-state index is -0.325. The van der Waals surface area contributed by atoms with Gasteiger partial charge < -0.3 is 14.8 Å². The van der Waals surface area contributed by atoms with Crippen LogP contribution in [0.4, 0.5) is 4.39 Å². The summed E-state index contributed by atoms with van der Waals surface area (Å²) in [7, 11) is 0. The normalized spacial score (nSPS) is 9.84. The molecular weight excluding hydrogens is 245 g/mol. The SMILES string of the molecule is C.CCNCCOc1cc(F)cc(CCC(C)=O)c1.[HH]. The second kappa shape index (κ2) is 9.50.